The lowest BCUT2D eigenvalue weighted by atomic mass is 10.2. The molecule has 1 aromatic carbocycles. The summed E-state index contributed by atoms with van der Waals surface area (Å²) in [6.45, 7) is -0.0858. The van der Waals surface area contributed by atoms with Gasteiger partial charge in [0.15, 0.2) is 5.82 Å². The normalized spacial score (nSPS) is 10.2. The van der Waals surface area contributed by atoms with E-state index in [0.717, 1.165) is 0 Å². The molecule has 0 bridgehead atoms. The lowest BCUT2D eigenvalue weighted by Gasteiger charge is -2.00. The average Bonchev–Trinajstić information content (AvgIpc) is 1.99. The molecule has 4 heteroatoms. The maximum absolute atomic E-state index is 12.9. The van der Waals surface area contributed by atoms with Crippen LogP contribution in [0, 0.1) is 5.82 Å². The van der Waals surface area contributed by atoms with Gasteiger partial charge in [-0.1, -0.05) is 0 Å². The Labute approximate surface area is 80.5 Å². The molecule has 0 aliphatic carbocycles. The Morgan fingerprint density at radius 1 is 1.27 bits per heavy atom. The molecule has 0 unspecified atom stereocenters. The molecule has 0 atom stereocenters. The molecule has 0 amide bonds. The topological polar surface area (TPSA) is 20.2 Å². The molecule has 0 heterocycles. The van der Waals surface area contributed by atoms with Crippen molar-refractivity contribution in [3.05, 3.63) is 32.5 Å². The van der Waals surface area contributed by atoms with Crippen LogP contribution >= 0.6 is 31.9 Å². The van der Waals surface area contributed by atoms with Crippen molar-refractivity contribution in [2.24, 2.45) is 0 Å². The second-order valence-electron chi connectivity index (χ2n) is 2.03. The van der Waals surface area contributed by atoms with Crippen molar-refractivity contribution in [3.8, 4) is 0 Å². The summed E-state index contributed by atoms with van der Waals surface area (Å²) in [4.78, 5) is 0. The first kappa shape index (κ1) is 9.16. The summed E-state index contributed by atoms with van der Waals surface area (Å²) >= 11 is 6.04. The molecule has 0 fully saturated rings. The van der Waals surface area contributed by atoms with Gasteiger partial charge < -0.3 is 5.11 Å². The first-order chi connectivity index (χ1) is 5.15. The third kappa shape index (κ3) is 2.01. The third-order valence-electron chi connectivity index (χ3n) is 1.23. The molecule has 60 valence electrons. The Bertz CT molecular complexity index is 252. The highest BCUT2D eigenvalue weighted by Crippen LogP contribution is 2.25. The molecule has 1 N–H and O–H groups in total. The fraction of sp³-hybridized carbons (Fsp3) is 0.143. The van der Waals surface area contributed by atoms with Crippen LogP contribution in [0.3, 0.4) is 0 Å². The first-order valence-electron chi connectivity index (χ1n) is 2.89. The number of aliphatic hydroxyl groups excluding tert-OH is 1. The SMILES string of the molecule is OCc1cc(Br)c(F)c(Br)c1. The molecule has 11 heavy (non-hydrogen) atoms. The summed E-state index contributed by atoms with van der Waals surface area (Å²) in [5.41, 5.74) is 0.671. The van der Waals surface area contributed by atoms with Crippen molar-refractivity contribution in [1.82, 2.24) is 0 Å². The van der Waals surface area contributed by atoms with Crippen LogP contribution in [0.1, 0.15) is 5.56 Å². The number of halogens is 3. The fourth-order valence-electron chi connectivity index (χ4n) is 0.699. The summed E-state index contributed by atoms with van der Waals surface area (Å²) in [6.07, 6.45) is 0. The van der Waals surface area contributed by atoms with Crippen LogP contribution in [0.2, 0.25) is 0 Å². The van der Waals surface area contributed by atoms with Gasteiger partial charge >= 0.3 is 0 Å². The van der Waals surface area contributed by atoms with E-state index < -0.39 is 0 Å². The highest BCUT2D eigenvalue weighted by Gasteiger charge is 2.05. The standard InChI is InChI=1S/C7H5Br2FO/c8-5-1-4(3-11)2-6(9)7(5)10/h1-2,11H,3H2. The lowest BCUT2D eigenvalue weighted by Crippen LogP contribution is -1.87. The van der Waals surface area contributed by atoms with Crippen molar-refractivity contribution in [3.63, 3.8) is 0 Å². The maximum Gasteiger partial charge on any atom is 0.151 e. The van der Waals surface area contributed by atoms with Gasteiger partial charge in [-0.25, -0.2) is 4.39 Å². The molecule has 0 aromatic heterocycles. The van der Waals surface area contributed by atoms with Crippen LogP contribution in [0.15, 0.2) is 21.1 Å². The van der Waals surface area contributed by atoms with E-state index in [2.05, 4.69) is 31.9 Å². The maximum atomic E-state index is 12.9. The molecule has 1 nitrogen and oxygen atoms in total. The molecule has 0 saturated heterocycles. The highest BCUT2D eigenvalue weighted by atomic mass is 79.9. The van der Waals surface area contributed by atoms with Crippen molar-refractivity contribution in [2.75, 3.05) is 0 Å². The van der Waals surface area contributed by atoms with Gasteiger partial charge in [0.25, 0.3) is 0 Å². The van der Waals surface area contributed by atoms with Crippen molar-refractivity contribution < 1.29 is 9.50 Å². The van der Waals surface area contributed by atoms with E-state index >= 15 is 0 Å². The zero-order valence-corrected chi connectivity index (χ0v) is 8.61. The zero-order chi connectivity index (χ0) is 8.43. The molecule has 0 spiro atoms. The van der Waals surface area contributed by atoms with Crippen LogP contribution in [-0.4, -0.2) is 5.11 Å². The van der Waals surface area contributed by atoms with Crippen LogP contribution in [0.4, 0.5) is 4.39 Å². The largest absolute Gasteiger partial charge is 0.392 e. The van der Waals surface area contributed by atoms with E-state index in [1.54, 1.807) is 12.1 Å². The molecular weight excluding hydrogens is 279 g/mol. The Morgan fingerprint density at radius 2 is 1.73 bits per heavy atom. The van der Waals surface area contributed by atoms with Gasteiger partial charge in [-0.3, -0.25) is 0 Å². The molecule has 1 aromatic rings. The first-order valence-corrected chi connectivity index (χ1v) is 4.48. The predicted octanol–water partition coefficient (Wildman–Crippen LogP) is 2.84. The van der Waals surface area contributed by atoms with Gasteiger partial charge in [0.2, 0.25) is 0 Å². The minimum absolute atomic E-state index is 0.0858. The van der Waals surface area contributed by atoms with E-state index in [1.807, 2.05) is 0 Å². The molecular formula is C7H5Br2FO. The predicted molar refractivity (Wildman–Crippen MR) is 47.7 cm³/mol. The monoisotopic (exact) mass is 282 g/mol. The highest BCUT2D eigenvalue weighted by molar-refractivity contribution is 9.11. The van der Waals surface area contributed by atoms with E-state index in [0.29, 0.717) is 14.5 Å². The summed E-state index contributed by atoms with van der Waals surface area (Å²) in [6, 6.07) is 3.08. The molecule has 0 aliphatic rings. The third-order valence-corrected chi connectivity index (χ3v) is 2.38. The summed E-state index contributed by atoms with van der Waals surface area (Å²) in [7, 11) is 0. The molecule has 0 saturated carbocycles. The minimum atomic E-state index is -0.345. The minimum Gasteiger partial charge on any atom is -0.392 e. The van der Waals surface area contributed by atoms with Crippen molar-refractivity contribution in [2.45, 2.75) is 6.61 Å². The van der Waals surface area contributed by atoms with Crippen molar-refractivity contribution in [1.29, 1.82) is 0 Å². The second-order valence-corrected chi connectivity index (χ2v) is 3.74. The van der Waals surface area contributed by atoms with Gasteiger partial charge in [0.1, 0.15) is 0 Å². The quantitative estimate of drug-likeness (QED) is 0.786. The van der Waals surface area contributed by atoms with Crippen LogP contribution < -0.4 is 0 Å². The summed E-state index contributed by atoms with van der Waals surface area (Å²) < 4.78 is 13.6. The Balaban J connectivity index is 3.21. The Morgan fingerprint density at radius 3 is 2.09 bits per heavy atom. The number of aliphatic hydroxyl groups is 1. The number of hydrogen-bond acceptors (Lipinski definition) is 1. The van der Waals surface area contributed by atoms with Gasteiger partial charge in [0, 0.05) is 0 Å². The van der Waals surface area contributed by atoms with Gasteiger partial charge in [-0.15, -0.1) is 0 Å². The Kier molecular flexibility index (Phi) is 3.04. The summed E-state index contributed by atoms with van der Waals surface area (Å²) in [5, 5.41) is 8.71. The van der Waals surface area contributed by atoms with E-state index in [-0.39, 0.29) is 12.4 Å². The van der Waals surface area contributed by atoms with E-state index in [9.17, 15) is 4.39 Å². The molecule has 0 aliphatic heterocycles. The summed E-state index contributed by atoms with van der Waals surface area (Å²) in [5.74, 6) is -0.345. The number of rotatable bonds is 1. The van der Waals surface area contributed by atoms with E-state index in [1.165, 1.54) is 0 Å². The fourth-order valence-corrected chi connectivity index (χ4v) is 1.98. The van der Waals surface area contributed by atoms with Crippen LogP contribution in [0.5, 0.6) is 0 Å². The van der Waals surface area contributed by atoms with Crippen molar-refractivity contribution >= 4 is 31.9 Å². The number of benzene rings is 1. The Hall–Kier alpha value is 0.0700. The molecule has 1 rings (SSSR count). The van der Waals surface area contributed by atoms with E-state index in [4.69, 9.17) is 5.11 Å². The van der Waals surface area contributed by atoms with Crippen LogP contribution in [-0.2, 0) is 6.61 Å². The lowest BCUT2D eigenvalue weighted by molar-refractivity contribution is 0.281. The smallest absolute Gasteiger partial charge is 0.151 e. The number of hydrogen-bond donors (Lipinski definition) is 1. The molecule has 0 radical (unpaired) electrons. The van der Waals surface area contributed by atoms with Gasteiger partial charge in [-0.2, -0.15) is 0 Å². The van der Waals surface area contributed by atoms with Gasteiger partial charge in [0.05, 0.1) is 15.6 Å². The second kappa shape index (κ2) is 3.65. The zero-order valence-electron chi connectivity index (χ0n) is 5.44. The average molecular weight is 284 g/mol. The van der Waals surface area contributed by atoms with Crippen LogP contribution in [0.25, 0.3) is 0 Å². The van der Waals surface area contributed by atoms with Gasteiger partial charge in [-0.05, 0) is 49.6 Å².